The summed E-state index contributed by atoms with van der Waals surface area (Å²) < 4.78 is 23.3. The van der Waals surface area contributed by atoms with E-state index in [1.165, 1.54) is 12.1 Å². The molecule has 0 saturated heterocycles. The van der Waals surface area contributed by atoms with Gasteiger partial charge in [0.2, 0.25) is 0 Å². The molecule has 2 rings (SSSR count). The maximum absolute atomic E-state index is 13.2. The highest BCUT2D eigenvalue weighted by molar-refractivity contribution is 5.86. The van der Waals surface area contributed by atoms with Crippen molar-refractivity contribution in [3.63, 3.8) is 0 Å². The molecule has 1 amide bonds. The van der Waals surface area contributed by atoms with E-state index < -0.39 is 11.9 Å². The number of amides is 1. The van der Waals surface area contributed by atoms with E-state index in [9.17, 15) is 9.18 Å². The monoisotopic (exact) mass is 300 g/mol. The smallest absolute Gasteiger partial charge is 0.412 e. The van der Waals surface area contributed by atoms with Gasteiger partial charge in [-0.3, -0.25) is 5.32 Å². The number of hydrogen-bond donors (Lipinski definition) is 1. The summed E-state index contributed by atoms with van der Waals surface area (Å²) in [5, 5.41) is 11.0. The first-order valence-corrected chi connectivity index (χ1v) is 6.46. The van der Waals surface area contributed by atoms with Crippen molar-refractivity contribution in [1.82, 2.24) is 0 Å². The van der Waals surface area contributed by atoms with E-state index in [1.54, 1.807) is 6.07 Å². The lowest BCUT2D eigenvalue weighted by atomic mass is 10.2. The molecule has 2 aromatic carbocycles. The SMILES string of the molecule is N#CCOc1cc(F)ccc1NC(=O)OCc1ccccc1. The van der Waals surface area contributed by atoms with Crippen molar-refractivity contribution in [3.05, 3.63) is 59.9 Å². The lowest BCUT2D eigenvalue weighted by Crippen LogP contribution is -2.14. The zero-order valence-corrected chi connectivity index (χ0v) is 11.6. The number of nitrogens with one attached hydrogen (secondary N) is 1. The number of benzene rings is 2. The van der Waals surface area contributed by atoms with E-state index >= 15 is 0 Å². The minimum atomic E-state index is -0.697. The number of rotatable bonds is 5. The Labute approximate surface area is 126 Å². The number of nitrogens with zero attached hydrogens (tertiary/aromatic N) is 1. The lowest BCUT2D eigenvalue weighted by molar-refractivity contribution is 0.155. The zero-order chi connectivity index (χ0) is 15.8. The van der Waals surface area contributed by atoms with Crippen LogP contribution in [0.25, 0.3) is 0 Å². The third kappa shape index (κ3) is 4.49. The molecular formula is C16H13FN2O3. The van der Waals surface area contributed by atoms with Gasteiger partial charge in [-0.2, -0.15) is 5.26 Å². The van der Waals surface area contributed by atoms with Crippen molar-refractivity contribution >= 4 is 11.8 Å². The summed E-state index contributed by atoms with van der Waals surface area (Å²) in [6, 6.07) is 14.6. The first-order valence-electron chi connectivity index (χ1n) is 6.46. The number of nitriles is 1. The van der Waals surface area contributed by atoms with Crippen molar-refractivity contribution in [2.45, 2.75) is 6.61 Å². The van der Waals surface area contributed by atoms with Gasteiger partial charge in [0.05, 0.1) is 5.69 Å². The lowest BCUT2D eigenvalue weighted by Gasteiger charge is -2.11. The quantitative estimate of drug-likeness (QED) is 0.917. The first kappa shape index (κ1) is 15.3. The van der Waals surface area contributed by atoms with E-state index in [0.717, 1.165) is 11.6 Å². The molecule has 0 aliphatic rings. The molecule has 0 aliphatic heterocycles. The van der Waals surface area contributed by atoms with Crippen LogP contribution in [0.5, 0.6) is 5.75 Å². The Kier molecular flexibility index (Phi) is 5.32. The Hall–Kier alpha value is -3.07. The predicted octanol–water partition coefficient (Wildman–Crippen LogP) is 3.48. The third-order valence-corrected chi connectivity index (χ3v) is 2.69. The van der Waals surface area contributed by atoms with Crippen LogP contribution >= 0.6 is 0 Å². The minimum Gasteiger partial charge on any atom is -0.476 e. The van der Waals surface area contributed by atoms with Crippen molar-refractivity contribution < 1.29 is 18.7 Å². The molecular weight excluding hydrogens is 287 g/mol. The molecule has 0 atom stereocenters. The van der Waals surface area contributed by atoms with Gasteiger partial charge < -0.3 is 9.47 Å². The van der Waals surface area contributed by atoms with Crippen LogP contribution in [0.15, 0.2) is 48.5 Å². The van der Waals surface area contributed by atoms with Crippen LogP contribution in [-0.4, -0.2) is 12.7 Å². The van der Waals surface area contributed by atoms with Crippen molar-refractivity contribution in [1.29, 1.82) is 5.26 Å². The molecule has 22 heavy (non-hydrogen) atoms. The first-order chi connectivity index (χ1) is 10.7. The van der Waals surface area contributed by atoms with Crippen LogP contribution in [0.4, 0.5) is 14.9 Å². The van der Waals surface area contributed by atoms with Gasteiger partial charge in [0.25, 0.3) is 0 Å². The molecule has 0 heterocycles. The zero-order valence-electron chi connectivity index (χ0n) is 11.6. The highest BCUT2D eigenvalue weighted by Crippen LogP contribution is 2.25. The molecule has 112 valence electrons. The summed E-state index contributed by atoms with van der Waals surface area (Å²) in [5.74, 6) is -0.464. The fourth-order valence-corrected chi connectivity index (χ4v) is 1.70. The standard InChI is InChI=1S/C16H13FN2O3/c17-13-6-7-14(15(10-13)21-9-8-18)19-16(20)22-11-12-4-2-1-3-5-12/h1-7,10H,9,11H2,(H,19,20). The van der Waals surface area contributed by atoms with Gasteiger partial charge >= 0.3 is 6.09 Å². The van der Waals surface area contributed by atoms with E-state index in [1.807, 2.05) is 30.3 Å². The Balaban J connectivity index is 1.97. The largest absolute Gasteiger partial charge is 0.476 e. The van der Waals surface area contributed by atoms with Crippen molar-refractivity contribution in [3.8, 4) is 11.8 Å². The summed E-state index contributed by atoms with van der Waals surface area (Å²) in [5.41, 5.74) is 1.08. The van der Waals surface area contributed by atoms with Gasteiger partial charge in [0.15, 0.2) is 6.61 Å². The molecule has 0 radical (unpaired) electrons. The Morgan fingerprint density at radius 2 is 2.00 bits per heavy atom. The van der Waals surface area contributed by atoms with Crippen LogP contribution in [0.2, 0.25) is 0 Å². The molecule has 6 heteroatoms. The number of carbonyl (C=O) groups is 1. The number of carbonyl (C=O) groups excluding carboxylic acids is 1. The van der Waals surface area contributed by atoms with Gasteiger partial charge in [-0.05, 0) is 17.7 Å². The highest BCUT2D eigenvalue weighted by atomic mass is 19.1. The Morgan fingerprint density at radius 3 is 2.73 bits per heavy atom. The number of halogens is 1. The Morgan fingerprint density at radius 1 is 1.23 bits per heavy atom. The molecule has 0 fully saturated rings. The molecule has 2 aromatic rings. The second-order valence-electron chi connectivity index (χ2n) is 4.27. The molecule has 0 saturated carbocycles. The van der Waals surface area contributed by atoms with Gasteiger partial charge in [0, 0.05) is 6.07 Å². The van der Waals surface area contributed by atoms with Crippen LogP contribution < -0.4 is 10.1 Å². The number of anilines is 1. The second kappa shape index (κ2) is 7.64. The average Bonchev–Trinajstić information content (AvgIpc) is 2.54. The molecule has 5 nitrogen and oxygen atoms in total. The fraction of sp³-hybridized carbons (Fsp3) is 0.125. The molecule has 0 aromatic heterocycles. The molecule has 0 unspecified atom stereocenters. The van der Waals surface area contributed by atoms with Crippen LogP contribution in [-0.2, 0) is 11.3 Å². The maximum Gasteiger partial charge on any atom is 0.412 e. The van der Waals surface area contributed by atoms with E-state index in [0.29, 0.717) is 0 Å². The normalized spacial score (nSPS) is 9.64. The summed E-state index contributed by atoms with van der Waals surface area (Å²) in [6.45, 7) is -0.139. The third-order valence-electron chi connectivity index (χ3n) is 2.69. The second-order valence-corrected chi connectivity index (χ2v) is 4.27. The molecule has 0 spiro atoms. The van der Waals surface area contributed by atoms with Crippen LogP contribution in [0, 0.1) is 17.1 Å². The number of hydrogen-bond acceptors (Lipinski definition) is 4. The Bertz CT molecular complexity index is 684. The van der Waals surface area contributed by atoms with Crippen LogP contribution in [0.3, 0.4) is 0 Å². The topological polar surface area (TPSA) is 71.3 Å². The van der Waals surface area contributed by atoms with Crippen molar-refractivity contribution in [2.75, 3.05) is 11.9 Å². The van der Waals surface area contributed by atoms with E-state index in [2.05, 4.69) is 5.32 Å². The molecule has 0 aliphatic carbocycles. The van der Waals surface area contributed by atoms with E-state index in [4.69, 9.17) is 14.7 Å². The molecule has 1 N–H and O–H groups in total. The van der Waals surface area contributed by atoms with Gasteiger partial charge in [-0.25, -0.2) is 9.18 Å². The maximum atomic E-state index is 13.2. The van der Waals surface area contributed by atoms with Crippen LogP contribution in [0.1, 0.15) is 5.56 Å². The summed E-state index contributed by atoms with van der Waals surface area (Å²) in [6.07, 6.45) is -0.697. The summed E-state index contributed by atoms with van der Waals surface area (Å²) in [4.78, 5) is 11.7. The fourth-order valence-electron chi connectivity index (χ4n) is 1.70. The van der Waals surface area contributed by atoms with Gasteiger partial charge in [-0.15, -0.1) is 0 Å². The predicted molar refractivity (Wildman–Crippen MR) is 77.8 cm³/mol. The highest BCUT2D eigenvalue weighted by Gasteiger charge is 2.10. The van der Waals surface area contributed by atoms with Gasteiger partial charge in [-0.1, -0.05) is 30.3 Å². The molecule has 0 bridgehead atoms. The van der Waals surface area contributed by atoms with Gasteiger partial charge in [0.1, 0.15) is 24.2 Å². The summed E-state index contributed by atoms with van der Waals surface area (Å²) >= 11 is 0. The van der Waals surface area contributed by atoms with E-state index in [-0.39, 0.29) is 24.7 Å². The number of ether oxygens (including phenoxy) is 2. The average molecular weight is 300 g/mol. The van der Waals surface area contributed by atoms with Crippen molar-refractivity contribution in [2.24, 2.45) is 0 Å². The summed E-state index contributed by atoms with van der Waals surface area (Å²) in [7, 11) is 0. The minimum absolute atomic E-state index is 0.0678.